The van der Waals surface area contributed by atoms with Crippen molar-refractivity contribution in [2.24, 2.45) is 0 Å². The van der Waals surface area contributed by atoms with Crippen LogP contribution < -0.4 is 16.4 Å². The zero-order chi connectivity index (χ0) is 26.1. The first-order valence-electron chi connectivity index (χ1n) is 10.8. The van der Waals surface area contributed by atoms with E-state index >= 15 is 0 Å². The van der Waals surface area contributed by atoms with Gasteiger partial charge in [-0.15, -0.1) is 0 Å². The Morgan fingerprint density at radius 2 is 1.64 bits per heavy atom. The Kier molecular flexibility index (Phi) is 6.65. The molecule has 2 aromatic carbocycles. The normalized spacial score (nSPS) is 12.3. The van der Waals surface area contributed by atoms with Crippen LogP contribution in [0.15, 0.2) is 48.8 Å². The number of nitrogen functional groups attached to an aromatic ring is 1. The van der Waals surface area contributed by atoms with E-state index in [1.54, 1.807) is 6.33 Å². The van der Waals surface area contributed by atoms with Gasteiger partial charge in [0.15, 0.2) is 5.82 Å². The molecule has 4 aromatic rings. The van der Waals surface area contributed by atoms with Gasteiger partial charge < -0.3 is 20.9 Å². The molecule has 0 unspecified atom stereocenters. The van der Waals surface area contributed by atoms with E-state index in [0.29, 0.717) is 42.9 Å². The van der Waals surface area contributed by atoms with Crippen molar-refractivity contribution in [3.63, 3.8) is 0 Å². The zero-order valence-electron chi connectivity index (χ0n) is 18.5. The summed E-state index contributed by atoms with van der Waals surface area (Å²) in [6.07, 6.45) is -7.28. The largest absolute Gasteiger partial charge is 0.416 e. The number of imidazole rings is 1. The lowest BCUT2D eigenvalue weighted by Gasteiger charge is -2.15. The average Bonchev–Trinajstić information content (AvgIpc) is 3.22. The number of carbonyl (C=O) groups excluding carboxylic acids is 1. The van der Waals surface area contributed by atoms with Crippen LogP contribution in [0.25, 0.3) is 21.9 Å². The van der Waals surface area contributed by atoms with Gasteiger partial charge in [0.1, 0.15) is 5.52 Å². The van der Waals surface area contributed by atoms with Crippen LogP contribution >= 0.6 is 0 Å². The molecule has 2 amide bonds. The van der Waals surface area contributed by atoms with E-state index in [9.17, 15) is 31.1 Å². The molecule has 0 fully saturated rings. The Morgan fingerprint density at radius 1 is 0.972 bits per heavy atom. The van der Waals surface area contributed by atoms with Crippen molar-refractivity contribution in [2.45, 2.75) is 31.7 Å². The average molecular weight is 510 g/mol. The number of fused-ring (bicyclic) bond motifs is 3. The van der Waals surface area contributed by atoms with Gasteiger partial charge in [-0.05, 0) is 37.1 Å². The van der Waals surface area contributed by atoms with Crippen molar-refractivity contribution in [2.75, 3.05) is 17.6 Å². The molecule has 13 heteroatoms. The van der Waals surface area contributed by atoms with Crippen LogP contribution in [0.4, 0.5) is 42.6 Å². The lowest BCUT2D eigenvalue weighted by Crippen LogP contribution is -2.30. The first-order valence-corrected chi connectivity index (χ1v) is 10.8. The van der Waals surface area contributed by atoms with E-state index < -0.39 is 35.2 Å². The Hall–Kier alpha value is -4.03. The number of carbonyl (C=O) groups is 1. The third-order valence-corrected chi connectivity index (χ3v) is 5.44. The summed E-state index contributed by atoms with van der Waals surface area (Å²) in [6.45, 7) is 0.684. The summed E-state index contributed by atoms with van der Waals surface area (Å²) in [5, 5.41) is 5.36. The van der Waals surface area contributed by atoms with Crippen LogP contribution in [0.3, 0.4) is 0 Å². The third kappa shape index (κ3) is 5.44. The molecule has 7 nitrogen and oxygen atoms in total. The summed E-state index contributed by atoms with van der Waals surface area (Å²) >= 11 is 0. The molecule has 0 saturated carbocycles. The predicted molar refractivity (Wildman–Crippen MR) is 122 cm³/mol. The predicted octanol–water partition coefficient (Wildman–Crippen LogP) is 5.81. The molecule has 0 saturated heterocycles. The minimum absolute atomic E-state index is 0.00419. The highest BCUT2D eigenvalue weighted by Crippen LogP contribution is 2.37. The standard InChI is InChI=1S/C23H20F6N6O/c24-22(25,26)13-9-14(23(27,28)29)11-15(10-13)33-21(36)31-7-3-4-8-35-12-32-18-19(35)16-5-1-2-6-17(16)34-20(18)30/h1-2,5-6,9-12H,3-4,7-8H2,(H2,30,34)(H2,31,33,36). The molecule has 0 aliphatic heterocycles. The fourth-order valence-electron chi connectivity index (χ4n) is 3.79. The number of amides is 2. The monoisotopic (exact) mass is 510 g/mol. The molecule has 0 radical (unpaired) electrons. The Bertz CT molecular complexity index is 1380. The first kappa shape index (κ1) is 25.1. The van der Waals surface area contributed by atoms with Gasteiger partial charge in [-0.1, -0.05) is 18.2 Å². The second-order valence-corrected chi connectivity index (χ2v) is 8.03. The van der Waals surface area contributed by atoms with E-state index in [2.05, 4.69) is 15.3 Å². The van der Waals surface area contributed by atoms with E-state index in [0.717, 1.165) is 16.4 Å². The summed E-state index contributed by atoms with van der Waals surface area (Å²) in [4.78, 5) is 20.7. The van der Waals surface area contributed by atoms with Crippen molar-refractivity contribution in [3.8, 4) is 0 Å². The minimum atomic E-state index is -5.00. The molecule has 2 heterocycles. The number of hydrogen-bond acceptors (Lipinski definition) is 4. The van der Waals surface area contributed by atoms with Gasteiger partial charge >= 0.3 is 18.4 Å². The molecule has 4 N–H and O–H groups in total. The highest BCUT2D eigenvalue weighted by Gasteiger charge is 2.37. The quantitative estimate of drug-likeness (QED) is 0.225. The van der Waals surface area contributed by atoms with Crippen LogP contribution in [-0.4, -0.2) is 27.1 Å². The number of pyridine rings is 1. The molecule has 2 aromatic heterocycles. The van der Waals surface area contributed by atoms with Gasteiger partial charge in [-0.25, -0.2) is 14.8 Å². The minimum Gasteiger partial charge on any atom is -0.382 e. The van der Waals surface area contributed by atoms with Gasteiger partial charge in [-0.3, -0.25) is 0 Å². The topological polar surface area (TPSA) is 97.9 Å². The summed E-state index contributed by atoms with van der Waals surface area (Å²) < 4.78 is 79.7. The van der Waals surface area contributed by atoms with Gasteiger partial charge in [-0.2, -0.15) is 26.3 Å². The van der Waals surface area contributed by atoms with Crippen molar-refractivity contribution in [1.82, 2.24) is 19.9 Å². The number of hydrogen-bond donors (Lipinski definition) is 3. The summed E-state index contributed by atoms with van der Waals surface area (Å²) in [5.74, 6) is 0.309. The lowest BCUT2D eigenvalue weighted by molar-refractivity contribution is -0.143. The maximum Gasteiger partial charge on any atom is 0.416 e. The summed E-state index contributed by atoms with van der Waals surface area (Å²) in [6, 6.07) is 7.45. The molecule has 0 bridgehead atoms. The SMILES string of the molecule is Nc1nc2ccccc2c2c1ncn2CCCCNC(=O)Nc1cc(C(F)(F)F)cc(C(F)(F)F)c1. The molecular weight excluding hydrogens is 490 g/mol. The number of nitrogens with zero attached hydrogens (tertiary/aromatic N) is 3. The number of rotatable bonds is 6. The van der Waals surface area contributed by atoms with Crippen LogP contribution in [-0.2, 0) is 18.9 Å². The Balaban J connectivity index is 1.35. The fourth-order valence-corrected chi connectivity index (χ4v) is 3.79. The number of anilines is 2. The fraction of sp³-hybridized carbons (Fsp3) is 0.261. The van der Waals surface area contributed by atoms with Gasteiger partial charge in [0, 0.05) is 24.2 Å². The number of urea groups is 1. The van der Waals surface area contributed by atoms with Gasteiger partial charge in [0.25, 0.3) is 0 Å². The van der Waals surface area contributed by atoms with Gasteiger partial charge in [0.05, 0.1) is 28.5 Å². The number of aryl methyl sites for hydroxylation is 1. The van der Waals surface area contributed by atoms with E-state index in [1.807, 2.05) is 34.1 Å². The summed E-state index contributed by atoms with van der Waals surface area (Å²) in [7, 11) is 0. The molecule has 190 valence electrons. The first-order chi connectivity index (χ1) is 16.9. The number of para-hydroxylation sites is 1. The van der Waals surface area contributed by atoms with Crippen LogP contribution in [0.2, 0.25) is 0 Å². The third-order valence-electron chi connectivity index (χ3n) is 5.44. The highest BCUT2D eigenvalue weighted by molar-refractivity contribution is 6.06. The lowest BCUT2D eigenvalue weighted by atomic mass is 10.1. The highest BCUT2D eigenvalue weighted by atomic mass is 19.4. The molecule has 0 aliphatic carbocycles. The molecule has 0 aliphatic rings. The maximum absolute atomic E-state index is 13.0. The number of nitrogens with two attached hydrogens (primary N) is 1. The van der Waals surface area contributed by atoms with Crippen molar-refractivity contribution in [3.05, 3.63) is 59.9 Å². The number of aromatic nitrogens is 3. The van der Waals surface area contributed by atoms with E-state index in [4.69, 9.17) is 5.73 Å². The number of benzene rings is 2. The van der Waals surface area contributed by atoms with Crippen LogP contribution in [0, 0.1) is 0 Å². The number of alkyl halides is 6. The number of unbranched alkanes of at least 4 members (excludes halogenated alkanes) is 1. The second kappa shape index (κ2) is 9.55. The molecule has 4 rings (SSSR count). The van der Waals surface area contributed by atoms with Crippen LogP contribution in [0.5, 0.6) is 0 Å². The maximum atomic E-state index is 13.0. The molecule has 36 heavy (non-hydrogen) atoms. The second-order valence-electron chi connectivity index (χ2n) is 8.03. The van der Waals surface area contributed by atoms with E-state index in [1.165, 1.54) is 0 Å². The van der Waals surface area contributed by atoms with E-state index in [-0.39, 0.29) is 12.6 Å². The smallest absolute Gasteiger partial charge is 0.382 e. The Labute approximate surface area is 200 Å². The molecule has 0 spiro atoms. The summed E-state index contributed by atoms with van der Waals surface area (Å²) in [5.41, 5.74) is 4.50. The Morgan fingerprint density at radius 3 is 2.31 bits per heavy atom. The van der Waals surface area contributed by atoms with Crippen LogP contribution in [0.1, 0.15) is 24.0 Å². The number of halogens is 6. The van der Waals surface area contributed by atoms with Crippen molar-refractivity contribution >= 4 is 39.5 Å². The van der Waals surface area contributed by atoms with Gasteiger partial charge in [0.2, 0.25) is 0 Å². The van der Waals surface area contributed by atoms with Crippen molar-refractivity contribution < 1.29 is 31.1 Å². The zero-order valence-corrected chi connectivity index (χ0v) is 18.5. The number of nitrogens with one attached hydrogen (secondary N) is 2. The molecule has 0 atom stereocenters. The molecular formula is C23H20F6N6O. The van der Waals surface area contributed by atoms with Crippen molar-refractivity contribution in [1.29, 1.82) is 0 Å².